The molecule has 0 unspecified atom stereocenters. The zero-order chi connectivity index (χ0) is 11.5. The Morgan fingerprint density at radius 3 is 2.73 bits per heavy atom. The highest BCUT2D eigenvalue weighted by atomic mass is 16.5. The van der Waals surface area contributed by atoms with E-state index < -0.39 is 0 Å². The van der Waals surface area contributed by atoms with E-state index in [9.17, 15) is 4.79 Å². The largest absolute Gasteiger partial charge is 0.382 e. The molecule has 0 saturated heterocycles. The van der Waals surface area contributed by atoms with E-state index in [0.717, 1.165) is 13.0 Å². The summed E-state index contributed by atoms with van der Waals surface area (Å²) in [6.45, 7) is 8.08. The number of carbonyl (C=O) groups is 1. The highest BCUT2D eigenvalue weighted by Crippen LogP contribution is 1.94. The number of rotatable bonds is 9. The van der Waals surface area contributed by atoms with Gasteiger partial charge in [0, 0.05) is 20.2 Å². The van der Waals surface area contributed by atoms with Crippen LogP contribution in [0.1, 0.15) is 13.3 Å². The van der Waals surface area contributed by atoms with Crippen molar-refractivity contribution in [3.05, 3.63) is 12.7 Å². The summed E-state index contributed by atoms with van der Waals surface area (Å²) in [5, 5.41) is 0. The van der Waals surface area contributed by atoms with Crippen molar-refractivity contribution in [2.75, 3.05) is 40.0 Å². The van der Waals surface area contributed by atoms with Crippen molar-refractivity contribution >= 4 is 5.91 Å². The normalized spacial score (nSPS) is 10.0. The number of carbonyl (C=O) groups excluding carboxylic acids is 1. The van der Waals surface area contributed by atoms with Gasteiger partial charge in [-0.3, -0.25) is 4.79 Å². The first-order valence-corrected chi connectivity index (χ1v) is 5.21. The molecule has 0 N–H and O–H groups in total. The lowest BCUT2D eigenvalue weighted by Crippen LogP contribution is -2.35. The Kier molecular flexibility index (Phi) is 9.11. The van der Waals surface area contributed by atoms with Crippen molar-refractivity contribution in [3.63, 3.8) is 0 Å². The van der Waals surface area contributed by atoms with Crippen LogP contribution in [0.5, 0.6) is 0 Å². The molecule has 0 atom stereocenters. The van der Waals surface area contributed by atoms with Gasteiger partial charge in [0.25, 0.3) is 0 Å². The van der Waals surface area contributed by atoms with Crippen LogP contribution in [0, 0.1) is 0 Å². The monoisotopic (exact) mass is 215 g/mol. The summed E-state index contributed by atoms with van der Waals surface area (Å²) in [5.41, 5.74) is 0. The summed E-state index contributed by atoms with van der Waals surface area (Å²) >= 11 is 0. The molecule has 0 saturated carbocycles. The van der Waals surface area contributed by atoms with E-state index in [2.05, 4.69) is 6.58 Å². The number of nitrogens with zero attached hydrogens (tertiary/aromatic N) is 1. The predicted octanol–water partition coefficient (Wildman–Crippen LogP) is 1.07. The van der Waals surface area contributed by atoms with Gasteiger partial charge in [0.15, 0.2) is 0 Å². The fourth-order valence-electron chi connectivity index (χ4n) is 1.14. The Hall–Kier alpha value is -0.870. The van der Waals surface area contributed by atoms with Crippen molar-refractivity contribution < 1.29 is 14.3 Å². The van der Waals surface area contributed by atoms with Crippen LogP contribution in [0.15, 0.2) is 12.7 Å². The van der Waals surface area contributed by atoms with Gasteiger partial charge < -0.3 is 14.4 Å². The van der Waals surface area contributed by atoms with Gasteiger partial charge in [0.05, 0.1) is 13.2 Å². The van der Waals surface area contributed by atoms with Crippen LogP contribution < -0.4 is 0 Å². The quantitative estimate of drug-likeness (QED) is 0.426. The van der Waals surface area contributed by atoms with Crippen LogP contribution in [-0.4, -0.2) is 50.8 Å². The summed E-state index contributed by atoms with van der Waals surface area (Å²) in [7, 11) is 1.60. The van der Waals surface area contributed by atoms with Crippen LogP contribution >= 0.6 is 0 Å². The summed E-state index contributed by atoms with van der Waals surface area (Å²) in [4.78, 5) is 13.3. The first-order valence-electron chi connectivity index (χ1n) is 5.21. The fourth-order valence-corrected chi connectivity index (χ4v) is 1.14. The number of hydrogen-bond acceptors (Lipinski definition) is 3. The lowest BCUT2D eigenvalue weighted by atomic mass is 10.4. The van der Waals surface area contributed by atoms with Crippen molar-refractivity contribution in [3.8, 4) is 0 Å². The average Bonchev–Trinajstić information content (AvgIpc) is 2.24. The molecule has 0 spiro atoms. The van der Waals surface area contributed by atoms with Crippen LogP contribution in [0.25, 0.3) is 0 Å². The smallest absolute Gasteiger partial charge is 0.248 e. The van der Waals surface area contributed by atoms with E-state index >= 15 is 0 Å². The van der Waals surface area contributed by atoms with Crippen LogP contribution in [0.3, 0.4) is 0 Å². The highest BCUT2D eigenvalue weighted by molar-refractivity contribution is 5.77. The van der Waals surface area contributed by atoms with Crippen molar-refractivity contribution in [1.29, 1.82) is 0 Å². The van der Waals surface area contributed by atoms with E-state index in [-0.39, 0.29) is 12.5 Å². The number of ether oxygens (including phenoxy) is 2. The molecule has 0 fully saturated rings. The second kappa shape index (κ2) is 9.68. The van der Waals surface area contributed by atoms with Crippen LogP contribution in [0.4, 0.5) is 0 Å². The first kappa shape index (κ1) is 14.1. The Morgan fingerprint density at radius 1 is 1.47 bits per heavy atom. The summed E-state index contributed by atoms with van der Waals surface area (Å²) in [6.07, 6.45) is 2.67. The molecule has 0 heterocycles. The second-order valence-corrected chi connectivity index (χ2v) is 3.17. The van der Waals surface area contributed by atoms with Crippen molar-refractivity contribution in [1.82, 2.24) is 4.90 Å². The third-order valence-electron chi connectivity index (χ3n) is 1.85. The number of hydrogen-bond donors (Lipinski definition) is 0. The SMILES string of the molecule is C=CCN(CCC)C(=O)COCCOC. The van der Waals surface area contributed by atoms with E-state index in [1.54, 1.807) is 18.1 Å². The standard InChI is InChI=1S/C11H21NO3/c1-4-6-12(7-5-2)11(13)10-15-9-8-14-3/h4H,1,5-10H2,2-3H3. The van der Waals surface area contributed by atoms with Gasteiger partial charge >= 0.3 is 0 Å². The van der Waals surface area contributed by atoms with Gasteiger partial charge in [-0.2, -0.15) is 0 Å². The zero-order valence-electron chi connectivity index (χ0n) is 9.70. The van der Waals surface area contributed by atoms with E-state index in [1.807, 2.05) is 6.92 Å². The Bertz CT molecular complexity index is 183. The molecule has 0 radical (unpaired) electrons. The van der Waals surface area contributed by atoms with Gasteiger partial charge in [-0.15, -0.1) is 6.58 Å². The molecule has 0 aliphatic heterocycles. The van der Waals surface area contributed by atoms with Crippen LogP contribution in [-0.2, 0) is 14.3 Å². The fraction of sp³-hybridized carbons (Fsp3) is 0.727. The minimum absolute atomic E-state index is 0.00727. The van der Waals surface area contributed by atoms with Gasteiger partial charge in [0.1, 0.15) is 6.61 Å². The molecule has 1 amide bonds. The molecule has 0 bridgehead atoms. The molecule has 0 aromatic carbocycles. The molecule has 88 valence electrons. The zero-order valence-corrected chi connectivity index (χ0v) is 9.70. The van der Waals surface area contributed by atoms with E-state index in [4.69, 9.17) is 9.47 Å². The van der Waals surface area contributed by atoms with Gasteiger partial charge in [0.2, 0.25) is 5.91 Å². The molecule has 0 aromatic rings. The first-order chi connectivity index (χ1) is 7.26. The lowest BCUT2D eigenvalue weighted by Gasteiger charge is -2.20. The van der Waals surface area contributed by atoms with Gasteiger partial charge in [-0.1, -0.05) is 13.0 Å². The third-order valence-corrected chi connectivity index (χ3v) is 1.85. The molecule has 15 heavy (non-hydrogen) atoms. The van der Waals surface area contributed by atoms with Gasteiger partial charge in [-0.05, 0) is 6.42 Å². The van der Waals surface area contributed by atoms with Crippen molar-refractivity contribution in [2.24, 2.45) is 0 Å². The highest BCUT2D eigenvalue weighted by Gasteiger charge is 2.10. The summed E-state index contributed by atoms with van der Waals surface area (Å²) in [6, 6.07) is 0. The molecule has 0 aliphatic rings. The number of methoxy groups -OCH3 is 1. The molecule has 4 nitrogen and oxygen atoms in total. The lowest BCUT2D eigenvalue weighted by molar-refractivity contribution is -0.136. The topological polar surface area (TPSA) is 38.8 Å². The van der Waals surface area contributed by atoms with E-state index in [0.29, 0.717) is 19.8 Å². The second-order valence-electron chi connectivity index (χ2n) is 3.17. The summed E-state index contributed by atoms with van der Waals surface area (Å²) in [5.74, 6) is 0.00727. The Balaban J connectivity index is 3.75. The van der Waals surface area contributed by atoms with E-state index in [1.165, 1.54) is 0 Å². The maximum atomic E-state index is 11.6. The summed E-state index contributed by atoms with van der Waals surface area (Å²) < 4.78 is 9.97. The van der Waals surface area contributed by atoms with Crippen molar-refractivity contribution in [2.45, 2.75) is 13.3 Å². The predicted molar refractivity (Wildman–Crippen MR) is 59.8 cm³/mol. The molecule has 0 aromatic heterocycles. The molecular weight excluding hydrogens is 194 g/mol. The molecule has 0 aliphatic carbocycles. The Morgan fingerprint density at radius 2 is 2.20 bits per heavy atom. The minimum Gasteiger partial charge on any atom is -0.382 e. The molecule has 4 heteroatoms. The number of amides is 1. The molecule has 0 rings (SSSR count). The Labute approximate surface area is 91.8 Å². The minimum atomic E-state index is 0.00727. The maximum absolute atomic E-state index is 11.6. The third kappa shape index (κ3) is 7.11. The van der Waals surface area contributed by atoms with Gasteiger partial charge in [-0.25, -0.2) is 0 Å². The molecular formula is C11H21NO3. The maximum Gasteiger partial charge on any atom is 0.248 e. The van der Waals surface area contributed by atoms with Crippen LogP contribution in [0.2, 0.25) is 0 Å². The average molecular weight is 215 g/mol.